The summed E-state index contributed by atoms with van der Waals surface area (Å²) in [4.78, 5) is 7.98. The highest BCUT2D eigenvalue weighted by Gasteiger charge is 2.38. The van der Waals surface area contributed by atoms with Gasteiger partial charge in [-0.15, -0.1) is 0 Å². The highest BCUT2D eigenvalue weighted by molar-refractivity contribution is 5.73. The van der Waals surface area contributed by atoms with E-state index in [2.05, 4.69) is 9.97 Å². The van der Waals surface area contributed by atoms with Crippen molar-refractivity contribution in [3.05, 3.63) is 36.2 Å². The monoisotopic (exact) mass is 242 g/mol. The van der Waals surface area contributed by atoms with Crippen molar-refractivity contribution in [1.82, 2.24) is 9.97 Å². The van der Waals surface area contributed by atoms with Crippen molar-refractivity contribution in [2.45, 2.75) is 18.7 Å². The molecule has 2 rings (SSSR count). The Labute approximate surface area is 94.9 Å². The number of para-hydroxylation sites is 2. The Balaban J connectivity index is 2.25. The zero-order chi connectivity index (χ0) is 12.5. The topological polar surface area (TPSA) is 46.0 Å². The van der Waals surface area contributed by atoms with Crippen molar-refractivity contribution in [3.63, 3.8) is 0 Å². The molecule has 1 unspecified atom stereocenters. The van der Waals surface area contributed by atoms with Crippen LogP contribution in [0, 0.1) is 0 Å². The molecule has 0 bridgehead atoms. The van der Waals surface area contributed by atoms with E-state index in [4.69, 9.17) is 5.11 Å². The maximum Gasteiger partial charge on any atom is 0.414 e. The zero-order valence-electron chi connectivity index (χ0n) is 8.65. The van der Waals surface area contributed by atoms with Crippen LogP contribution >= 0.6 is 0 Å². The van der Waals surface area contributed by atoms with Gasteiger partial charge in [0.2, 0.25) is 0 Å². The fourth-order valence-electron chi connectivity index (χ4n) is 1.41. The molecule has 0 spiro atoms. The number of halogens is 3. The largest absolute Gasteiger partial charge is 0.414 e. The third-order valence-electron chi connectivity index (χ3n) is 2.28. The van der Waals surface area contributed by atoms with Gasteiger partial charge in [-0.3, -0.25) is 4.98 Å². The molecule has 1 heterocycles. The van der Waals surface area contributed by atoms with Gasteiger partial charge in [-0.2, -0.15) is 13.2 Å². The van der Waals surface area contributed by atoms with Crippen LogP contribution in [-0.2, 0) is 6.42 Å². The second kappa shape index (κ2) is 4.29. The summed E-state index contributed by atoms with van der Waals surface area (Å²) in [7, 11) is 0. The average Bonchev–Trinajstić information content (AvgIpc) is 2.27. The second-order valence-corrected chi connectivity index (χ2v) is 3.61. The average molecular weight is 242 g/mol. The SMILES string of the molecule is OC(Cc1cnc2ccccc2n1)C(F)(F)F. The molecule has 1 N–H and O–H groups in total. The smallest absolute Gasteiger partial charge is 0.383 e. The number of nitrogens with zero attached hydrogens (tertiary/aromatic N) is 2. The normalized spacial score (nSPS) is 13.9. The number of rotatable bonds is 2. The van der Waals surface area contributed by atoms with Crippen LogP contribution in [0.2, 0.25) is 0 Å². The highest BCUT2D eigenvalue weighted by Crippen LogP contribution is 2.22. The number of benzene rings is 1. The fraction of sp³-hybridized carbons (Fsp3) is 0.273. The number of aromatic nitrogens is 2. The zero-order valence-corrected chi connectivity index (χ0v) is 8.65. The molecule has 90 valence electrons. The van der Waals surface area contributed by atoms with Crippen LogP contribution in [0.25, 0.3) is 11.0 Å². The van der Waals surface area contributed by atoms with Crippen molar-refractivity contribution < 1.29 is 18.3 Å². The van der Waals surface area contributed by atoms with Crippen molar-refractivity contribution in [3.8, 4) is 0 Å². The molecule has 0 radical (unpaired) electrons. The van der Waals surface area contributed by atoms with Gasteiger partial charge >= 0.3 is 6.18 Å². The predicted molar refractivity (Wildman–Crippen MR) is 55.3 cm³/mol. The lowest BCUT2D eigenvalue weighted by Crippen LogP contribution is -2.30. The summed E-state index contributed by atoms with van der Waals surface area (Å²) < 4.78 is 36.5. The molecule has 0 aliphatic carbocycles. The fourth-order valence-corrected chi connectivity index (χ4v) is 1.41. The van der Waals surface area contributed by atoms with Crippen LogP contribution in [0.4, 0.5) is 13.2 Å². The van der Waals surface area contributed by atoms with Crippen molar-refractivity contribution in [2.24, 2.45) is 0 Å². The summed E-state index contributed by atoms with van der Waals surface area (Å²) in [6.45, 7) is 0. The van der Waals surface area contributed by atoms with Gasteiger partial charge in [0, 0.05) is 12.6 Å². The Hall–Kier alpha value is -1.69. The number of hydrogen-bond donors (Lipinski definition) is 1. The minimum Gasteiger partial charge on any atom is -0.383 e. The van der Waals surface area contributed by atoms with Crippen LogP contribution < -0.4 is 0 Å². The van der Waals surface area contributed by atoms with Gasteiger partial charge in [-0.25, -0.2) is 4.98 Å². The first-order valence-electron chi connectivity index (χ1n) is 4.92. The van der Waals surface area contributed by atoms with Crippen LogP contribution in [-0.4, -0.2) is 27.4 Å². The minimum atomic E-state index is -4.63. The van der Waals surface area contributed by atoms with Crippen molar-refractivity contribution >= 4 is 11.0 Å². The summed E-state index contributed by atoms with van der Waals surface area (Å²) >= 11 is 0. The molecule has 0 fully saturated rings. The Morgan fingerprint density at radius 3 is 2.47 bits per heavy atom. The number of aliphatic hydroxyl groups is 1. The highest BCUT2D eigenvalue weighted by atomic mass is 19.4. The predicted octanol–water partition coefficient (Wildman–Crippen LogP) is 2.10. The number of alkyl halides is 3. The van der Waals surface area contributed by atoms with Gasteiger partial charge in [0.1, 0.15) is 0 Å². The van der Waals surface area contributed by atoms with Crippen LogP contribution in [0.1, 0.15) is 5.69 Å². The Bertz CT molecular complexity index is 527. The Morgan fingerprint density at radius 2 is 1.82 bits per heavy atom. The van der Waals surface area contributed by atoms with E-state index in [0.29, 0.717) is 11.0 Å². The van der Waals surface area contributed by atoms with E-state index in [-0.39, 0.29) is 5.69 Å². The number of fused-ring (bicyclic) bond motifs is 1. The molecule has 1 aromatic heterocycles. The molecule has 3 nitrogen and oxygen atoms in total. The van der Waals surface area contributed by atoms with E-state index in [1.807, 2.05) is 0 Å². The van der Waals surface area contributed by atoms with Crippen molar-refractivity contribution in [1.29, 1.82) is 0 Å². The molecule has 0 saturated heterocycles. The van der Waals surface area contributed by atoms with E-state index < -0.39 is 18.7 Å². The first-order chi connectivity index (χ1) is 7.97. The van der Waals surface area contributed by atoms with Gasteiger partial charge in [-0.1, -0.05) is 12.1 Å². The molecule has 1 atom stereocenters. The number of aliphatic hydroxyl groups excluding tert-OH is 1. The molecule has 0 aliphatic rings. The van der Waals surface area contributed by atoms with Gasteiger partial charge in [0.15, 0.2) is 6.10 Å². The van der Waals surface area contributed by atoms with Crippen LogP contribution in [0.15, 0.2) is 30.5 Å². The molecule has 2 aromatic rings. The third-order valence-corrected chi connectivity index (χ3v) is 2.28. The Kier molecular flexibility index (Phi) is 2.97. The Morgan fingerprint density at radius 1 is 1.18 bits per heavy atom. The lowest BCUT2D eigenvalue weighted by Gasteiger charge is -2.13. The van der Waals surface area contributed by atoms with E-state index in [0.717, 1.165) is 0 Å². The van der Waals surface area contributed by atoms with E-state index in [1.165, 1.54) is 6.20 Å². The summed E-state index contributed by atoms with van der Waals surface area (Å²) in [5.74, 6) is 0. The van der Waals surface area contributed by atoms with Gasteiger partial charge < -0.3 is 5.11 Å². The molecular weight excluding hydrogens is 233 g/mol. The summed E-state index contributed by atoms with van der Waals surface area (Å²) in [5.41, 5.74) is 1.24. The lowest BCUT2D eigenvalue weighted by atomic mass is 10.2. The van der Waals surface area contributed by atoms with Gasteiger partial charge in [-0.05, 0) is 12.1 Å². The van der Waals surface area contributed by atoms with E-state index in [1.54, 1.807) is 24.3 Å². The summed E-state index contributed by atoms with van der Waals surface area (Å²) in [6, 6.07) is 6.86. The molecule has 0 aliphatic heterocycles. The maximum absolute atomic E-state index is 12.2. The van der Waals surface area contributed by atoms with E-state index >= 15 is 0 Å². The standard InChI is InChI=1S/C11H9F3N2O/c12-11(13,14)10(17)5-7-6-15-8-3-1-2-4-9(8)16-7/h1-4,6,10,17H,5H2. The van der Waals surface area contributed by atoms with Crippen molar-refractivity contribution in [2.75, 3.05) is 0 Å². The molecule has 1 aromatic carbocycles. The van der Waals surface area contributed by atoms with Crippen LogP contribution in [0.5, 0.6) is 0 Å². The molecule has 0 saturated carbocycles. The first-order valence-corrected chi connectivity index (χ1v) is 4.92. The third kappa shape index (κ3) is 2.71. The maximum atomic E-state index is 12.2. The quantitative estimate of drug-likeness (QED) is 0.877. The second-order valence-electron chi connectivity index (χ2n) is 3.61. The number of hydrogen-bond acceptors (Lipinski definition) is 3. The lowest BCUT2D eigenvalue weighted by molar-refractivity contribution is -0.203. The molecule has 17 heavy (non-hydrogen) atoms. The summed E-state index contributed by atoms with van der Waals surface area (Å²) in [5, 5.41) is 8.92. The first kappa shape index (κ1) is 11.8. The van der Waals surface area contributed by atoms with Gasteiger partial charge in [0.25, 0.3) is 0 Å². The molecular formula is C11H9F3N2O. The van der Waals surface area contributed by atoms with E-state index in [9.17, 15) is 13.2 Å². The molecule has 0 amide bonds. The summed E-state index contributed by atoms with van der Waals surface area (Å²) in [6.07, 6.45) is -6.37. The molecule has 6 heteroatoms. The van der Waals surface area contributed by atoms with Gasteiger partial charge in [0.05, 0.1) is 16.7 Å². The van der Waals surface area contributed by atoms with Crippen LogP contribution in [0.3, 0.4) is 0 Å². The minimum absolute atomic E-state index is 0.119.